The summed E-state index contributed by atoms with van der Waals surface area (Å²) in [5, 5.41) is 4.25. The molecule has 0 aliphatic heterocycles. The molecule has 0 bridgehead atoms. The predicted molar refractivity (Wildman–Crippen MR) is 125 cm³/mol. The molecule has 3 heterocycles. The van der Waals surface area contributed by atoms with E-state index in [1.54, 1.807) is 0 Å². The van der Waals surface area contributed by atoms with Crippen molar-refractivity contribution in [3.63, 3.8) is 0 Å². The Hall–Kier alpha value is -2.45. The van der Waals surface area contributed by atoms with Gasteiger partial charge in [0, 0.05) is 16.0 Å². The third kappa shape index (κ3) is 3.94. The van der Waals surface area contributed by atoms with Crippen LogP contribution in [-0.2, 0) is 19.3 Å². The van der Waals surface area contributed by atoms with E-state index in [2.05, 4.69) is 17.2 Å². The Balaban J connectivity index is 1.65. The highest BCUT2D eigenvalue weighted by atomic mass is 32.1. The number of unbranched alkanes of at least 4 members (excludes halogenated alkanes) is 1. The van der Waals surface area contributed by atoms with Crippen LogP contribution in [-0.4, -0.2) is 16.8 Å². The van der Waals surface area contributed by atoms with Crippen molar-refractivity contribution in [1.82, 2.24) is 4.98 Å². The van der Waals surface area contributed by atoms with Crippen LogP contribution in [0, 0.1) is 0 Å². The highest BCUT2D eigenvalue weighted by molar-refractivity contribution is 7.21. The van der Waals surface area contributed by atoms with Gasteiger partial charge >= 0.3 is 0 Å². The normalized spacial score (nSPS) is 13.8. The molecule has 0 unspecified atom stereocenters. The maximum Gasteiger partial charge on any atom is 0.268 e. The van der Waals surface area contributed by atoms with Crippen LogP contribution in [0.4, 0.5) is 10.7 Å². The predicted octanol–water partition coefficient (Wildman–Crippen LogP) is 4.90. The van der Waals surface area contributed by atoms with Crippen LogP contribution < -0.4 is 16.8 Å². The first kappa shape index (κ1) is 20.8. The third-order valence-electron chi connectivity index (χ3n) is 5.54. The Bertz CT molecular complexity index is 1120. The first-order chi connectivity index (χ1) is 14.5. The average Bonchev–Trinajstić information content (AvgIpc) is 3.14. The SMILES string of the molecule is CCCCc1ccc2c(N)c(C(=O)Nc3sc4c(c3C(N)=O)CCCCC4)sc2n1. The van der Waals surface area contributed by atoms with Crippen LogP contribution >= 0.6 is 22.7 Å². The topological polar surface area (TPSA) is 111 Å². The lowest BCUT2D eigenvalue weighted by Crippen LogP contribution is -2.18. The van der Waals surface area contributed by atoms with Gasteiger partial charge < -0.3 is 16.8 Å². The summed E-state index contributed by atoms with van der Waals surface area (Å²) in [5.74, 6) is -0.805. The molecule has 0 radical (unpaired) electrons. The maximum absolute atomic E-state index is 13.1. The minimum Gasteiger partial charge on any atom is -0.397 e. The molecule has 1 aliphatic carbocycles. The minimum absolute atomic E-state index is 0.315. The molecule has 6 nitrogen and oxygen atoms in total. The van der Waals surface area contributed by atoms with Crippen molar-refractivity contribution in [1.29, 1.82) is 0 Å². The van der Waals surface area contributed by atoms with Gasteiger partial charge in [0.1, 0.15) is 14.7 Å². The molecule has 4 rings (SSSR count). The smallest absolute Gasteiger partial charge is 0.268 e. The summed E-state index contributed by atoms with van der Waals surface area (Å²) in [6.45, 7) is 2.15. The van der Waals surface area contributed by atoms with Crippen molar-refractivity contribution < 1.29 is 9.59 Å². The van der Waals surface area contributed by atoms with Crippen LogP contribution in [0.2, 0.25) is 0 Å². The summed E-state index contributed by atoms with van der Waals surface area (Å²) in [5.41, 5.74) is 14.9. The van der Waals surface area contributed by atoms with Gasteiger partial charge in [-0.1, -0.05) is 19.8 Å². The lowest BCUT2D eigenvalue weighted by atomic mass is 10.1. The van der Waals surface area contributed by atoms with Gasteiger partial charge in [0.2, 0.25) is 0 Å². The number of pyridine rings is 1. The lowest BCUT2D eigenvalue weighted by molar-refractivity contribution is 0.100. The summed E-state index contributed by atoms with van der Waals surface area (Å²) in [6.07, 6.45) is 8.11. The van der Waals surface area contributed by atoms with Crippen molar-refractivity contribution >= 4 is 55.4 Å². The molecule has 158 valence electrons. The average molecular weight is 443 g/mol. The molecule has 0 saturated heterocycles. The van der Waals surface area contributed by atoms with Crippen LogP contribution in [0.1, 0.15) is 75.2 Å². The summed E-state index contributed by atoms with van der Waals surface area (Å²) < 4.78 is 0. The zero-order valence-electron chi connectivity index (χ0n) is 17.0. The van der Waals surface area contributed by atoms with E-state index >= 15 is 0 Å². The fourth-order valence-corrected chi connectivity index (χ4v) is 6.25. The number of thiophene rings is 2. The molecule has 3 aromatic rings. The highest BCUT2D eigenvalue weighted by Crippen LogP contribution is 2.39. The minimum atomic E-state index is -0.490. The van der Waals surface area contributed by atoms with Crippen molar-refractivity contribution in [3.05, 3.63) is 38.7 Å². The second-order valence-corrected chi connectivity index (χ2v) is 9.79. The quantitative estimate of drug-likeness (QED) is 0.471. The van der Waals surface area contributed by atoms with E-state index in [0.717, 1.165) is 77.7 Å². The second-order valence-electron chi connectivity index (χ2n) is 7.69. The van der Waals surface area contributed by atoms with Gasteiger partial charge in [-0.05, 0) is 56.2 Å². The highest BCUT2D eigenvalue weighted by Gasteiger charge is 2.26. The zero-order valence-corrected chi connectivity index (χ0v) is 18.7. The van der Waals surface area contributed by atoms with E-state index < -0.39 is 5.91 Å². The Morgan fingerprint density at radius 2 is 1.97 bits per heavy atom. The van der Waals surface area contributed by atoms with E-state index in [4.69, 9.17) is 11.5 Å². The molecule has 0 fully saturated rings. The van der Waals surface area contributed by atoms with Crippen molar-refractivity contribution in [2.75, 3.05) is 11.1 Å². The number of amides is 2. The number of hydrogen-bond donors (Lipinski definition) is 3. The molecule has 0 atom stereocenters. The van der Waals surface area contributed by atoms with Crippen LogP contribution in [0.25, 0.3) is 10.2 Å². The molecule has 0 saturated carbocycles. The number of anilines is 2. The zero-order chi connectivity index (χ0) is 21.3. The fourth-order valence-electron chi connectivity index (χ4n) is 3.95. The van der Waals surface area contributed by atoms with Crippen molar-refractivity contribution in [2.24, 2.45) is 5.73 Å². The number of rotatable bonds is 6. The van der Waals surface area contributed by atoms with E-state index in [1.807, 2.05) is 12.1 Å². The van der Waals surface area contributed by atoms with Gasteiger partial charge in [-0.2, -0.15) is 0 Å². The largest absolute Gasteiger partial charge is 0.397 e. The monoisotopic (exact) mass is 442 g/mol. The van der Waals surface area contributed by atoms with Gasteiger partial charge in [0.05, 0.1) is 11.3 Å². The number of nitrogens with one attached hydrogen (secondary N) is 1. The number of carbonyl (C=O) groups excluding carboxylic acids is 2. The number of nitrogen functional groups attached to an aromatic ring is 1. The number of carbonyl (C=O) groups is 2. The summed E-state index contributed by atoms with van der Waals surface area (Å²) in [6, 6.07) is 3.92. The van der Waals surface area contributed by atoms with Crippen molar-refractivity contribution in [2.45, 2.75) is 58.3 Å². The fraction of sp³-hybridized carbons (Fsp3) is 0.409. The molecule has 0 aromatic carbocycles. The summed E-state index contributed by atoms with van der Waals surface area (Å²) in [7, 11) is 0. The Kier molecular flexibility index (Phi) is 6.06. The van der Waals surface area contributed by atoms with Gasteiger partial charge in [-0.25, -0.2) is 4.98 Å². The summed E-state index contributed by atoms with van der Waals surface area (Å²) >= 11 is 2.76. The molecule has 5 N–H and O–H groups in total. The molecule has 8 heteroatoms. The number of nitrogens with two attached hydrogens (primary N) is 2. The molecule has 0 spiro atoms. The molecule has 30 heavy (non-hydrogen) atoms. The first-order valence-electron chi connectivity index (χ1n) is 10.4. The number of hydrogen-bond acceptors (Lipinski definition) is 6. The van der Waals surface area contributed by atoms with Gasteiger partial charge in [0.15, 0.2) is 0 Å². The molecule has 3 aromatic heterocycles. The number of aromatic nitrogens is 1. The lowest BCUT2D eigenvalue weighted by Gasteiger charge is -2.06. The maximum atomic E-state index is 13.1. The number of nitrogens with zero attached hydrogens (tertiary/aromatic N) is 1. The molecular formula is C22H26N4O2S2. The Morgan fingerprint density at radius 3 is 2.73 bits per heavy atom. The summed E-state index contributed by atoms with van der Waals surface area (Å²) in [4.78, 5) is 32.2. The van der Waals surface area contributed by atoms with Crippen LogP contribution in [0.3, 0.4) is 0 Å². The Labute approximate surface area is 183 Å². The molecular weight excluding hydrogens is 416 g/mol. The van der Waals surface area contributed by atoms with Crippen LogP contribution in [0.5, 0.6) is 0 Å². The van der Waals surface area contributed by atoms with Gasteiger partial charge in [0.25, 0.3) is 11.8 Å². The van der Waals surface area contributed by atoms with E-state index in [0.29, 0.717) is 21.1 Å². The van der Waals surface area contributed by atoms with E-state index in [1.165, 1.54) is 22.7 Å². The van der Waals surface area contributed by atoms with Gasteiger partial charge in [-0.3, -0.25) is 9.59 Å². The van der Waals surface area contributed by atoms with Gasteiger partial charge in [-0.15, -0.1) is 22.7 Å². The number of aryl methyl sites for hydroxylation is 2. The van der Waals surface area contributed by atoms with E-state index in [9.17, 15) is 9.59 Å². The Morgan fingerprint density at radius 1 is 1.17 bits per heavy atom. The molecule has 2 amide bonds. The standard InChI is InChI=1S/C22H26N4O2S2/c1-2-3-7-12-10-11-14-17(23)18(30-21(14)25-12)20(28)26-22-16(19(24)27)13-8-5-4-6-9-15(13)29-22/h10-11H,2-9,23H2,1H3,(H2,24,27)(H,26,28). The van der Waals surface area contributed by atoms with E-state index in [-0.39, 0.29) is 5.91 Å². The number of fused-ring (bicyclic) bond motifs is 2. The third-order valence-corrected chi connectivity index (χ3v) is 7.86. The number of primary amides is 1. The molecule has 1 aliphatic rings. The van der Waals surface area contributed by atoms with Crippen molar-refractivity contribution in [3.8, 4) is 0 Å². The second kappa shape index (κ2) is 8.73. The van der Waals surface area contributed by atoms with Crippen LogP contribution in [0.15, 0.2) is 12.1 Å². The first-order valence-corrected chi connectivity index (χ1v) is 12.1.